The van der Waals surface area contributed by atoms with Gasteiger partial charge < -0.3 is 9.15 Å². The molecule has 0 aromatic carbocycles. The normalized spacial score (nSPS) is 20.5. The number of ether oxygens (including phenoxy) is 1. The third-order valence-corrected chi connectivity index (χ3v) is 2.26. The number of hydrogen-bond acceptors (Lipinski definition) is 5. The van der Waals surface area contributed by atoms with Gasteiger partial charge in [-0.3, -0.25) is 10.1 Å². The topological polar surface area (TPSA) is 77.2 Å². The first kappa shape index (κ1) is 10.4. The van der Waals surface area contributed by atoms with Crippen molar-refractivity contribution in [3.8, 4) is 0 Å². The maximum absolute atomic E-state index is 10.9. The predicted molar refractivity (Wildman–Crippen MR) is 51.6 cm³/mol. The zero-order valence-corrected chi connectivity index (χ0v) is 8.66. The fourth-order valence-corrected chi connectivity index (χ4v) is 1.41. The number of alkyl halides is 1. The van der Waals surface area contributed by atoms with Gasteiger partial charge in [0.25, 0.3) is 0 Å². The molecule has 1 N–H and O–H groups in total. The standard InChI is InChI=1S/C8H10ClN3O3/c9-4-6(13)10-8-12-11-7(15-8)5-2-1-3-14-5/h5H,1-4H2,(H,10,12,13)/t5-/m0/s1. The molecule has 1 aromatic rings. The van der Waals surface area contributed by atoms with Gasteiger partial charge in [0.05, 0.1) is 0 Å². The summed E-state index contributed by atoms with van der Waals surface area (Å²) >= 11 is 5.31. The Balaban J connectivity index is 2.00. The highest BCUT2D eigenvalue weighted by Crippen LogP contribution is 2.27. The second kappa shape index (κ2) is 4.59. The van der Waals surface area contributed by atoms with Crippen molar-refractivity contribution in [1.82, 2.24) is 10.2 Å². The number of nitrogens with zero attached hydrogens (tertiary/aromatic N) is 2. The van der Waals surface area contributed by atoms with Crippen LogP contribution in [0.4, 0.5) is 6.01 Å². The van der Waals surface area contributed by atoms with Crippen molar-refractivity contribution in [2.45, 2.75) is 18.9 Å². The van der Waals surface area contributed by atoms with Gasteiger partial charge in [0, 0.05) is 6.61 Å². The van der Waals surface area contributed by atoms with E-state index in [4.69, 9.17) is 20.8 Å². The maximum atomic E-state index is 10.9. The molecule has 0 unspecified atom stereocenters. The van der Waals surface area contributed by atoms with Crippen molar-refractivity contribution in [3.63, 3.8) is 0 Å². The lowest BCUT2D eigenvalue weighted by Gasteiger charge is -2.01. The van der Waals surface area contributed by atoms with Crippen LogP contribution in [0.1, 0.15) is 24.8 Å². The first-order valence-electron chi connectivity index (χ1n) is 4.60. The zero-order chi connectivity index (χ0) is 10.7. The largest absolute Gasteiger partial charge is 0.405 e. The van der Waals surface area contributed by atoms with E-state index in [1.807, 2.05) is 0 Å². The first-order valence-corrected chi connectivity index (χ1v) is 5.14. The SMILES string of the molecule is O=C(CCl)Nc1nnc([C@@H]2CCCO2)o1. The Hall–Kier alpha value is -1.14. The molecule has 82 valence electrons. The maximum Gasteiger partial charge on any atom is 0.322 e. The fraction of sp³-hybridized carbons (Fsp3) is 0.625. The molecule has 1 fully saturated rings. The Morgan fingerprint density at radius 1 is 1.60 bits per heavy atom. The Morgan fingerprint density at radius 2 is 2.47 bits per heavy atom. The lowest BCUT2D eigenvalue weighted by Crippen LogP contribution is -2.12. The number of nitrogens with one attached hydrogen (secondary N) is 1. The summed E-state index contributed by atoms with van der Waals surface area (Å²) in [5.41, 5.74) is 0. The number of carbonyl (C=O) groups excluding carboxylic acids is 1. The van der Waals surface area contributed by atoms with Crippen LogP contribution in [0.3, 0.4) is 0 Å². The molecular formula is C8H10ClN3O3. The van der Waals surface area contributed by atoms with E-state index in [-0.39, 0.29) is 23.9 Å². The van der Waals surface area contributed by atoms with Gasteiger partial charge in [0.2, 0.25) is 11.8 Å². The van der Waals surface area contributed by atoms with E-state index < -0.39 is 0 Å². The van der Waals surface area contributed by atoms with Crippen LogP contribution in [-0.4, -0.2) is 28.6 Å². The average molecular weight is 232 g/mol. The molecule has 0 aliphatic carbocycles. The van der Waals surface area contributed by atoms with E-state index in [2.05, 4.69) is 15.5 Å². The number of halogens is 1. The Morgan fingerprint density at radius 3 is 3.13 bits per heavy atom. The van der Waals surface area contributed by atoms with Crippen LogP contribution in [0.25, 0.3) is 0 Å². The molecule has 1 aliphatic heterocycles. The summed E-state index contributed by atoms with van der Waals surface area (Å²) in [6, 6.07) is 0.0613. The molecule has 1 amide bonds. The van der Waals surface area contributed by atoms with E-state index in [0.29, 0.717) is 12.5 Å². The van der Waals surface area contributed by atoms with Crippen LogP contribution >= 0.6 is 11.6 Å². The van der Waals surface area contributed by atoms with Crippen molar-refractivity contribution in [2.24, 2.45) is 0 Å². The van der Waals surface area contributed by atoms with Gasteiger partial charge in [0.15, 0.2) is 0 Å². The van der Waals surface area contributed by atoms with Crippen LogP contribution in [0.15, 0.2) is 4.42 Å². The van der Waals surface area contributed by atoms with Crippen LogP contribution in [0, 0.1) is 0 Å². The second-order valence-corrected chi connectivity index (χ2v) is 3.40. The predicted octanol–water partition coefficient (Wildman–Crippen LogP) is 1.10. The molecule has 2 rings (SSSR count). The number of hydrogen-bond donors (Lipinski definition) is 1. The molecule has 1 saturated heterocycles. The summed E-state index contributed by atoms with van der Waals surface area (Å²) in [6.07, 6.45) is 1.71. The van der Waals surface area contributed by atoms with E-state index in [0.717, 1.165) is 12.8 Å². The highest BCUT2D eigenvalue weighted by Gasteiger charge is 2.23. The van der Waals surface area contributed by atoms with Crippen molar-refractivity contribution in [3.05, 3.63) is 5.89 Å². The monoisotopic (exact) mass is 231 g/mol. The van der Waals surface area contributed by atoms with Crippen LogP contribution in [0.2, 0.25) is 0 Å². The Labute approximate surface area is 90.9 Å². The zero-order valence-electron chi connectivity index (χ0n) is 7.90. The molecule has 0 bridgehead atoms. The van der Waals surface area contributed by atoms with Gasteiger partial charge in [-0.2, -0.15) is 0 Å². The number of amides is 1. The average Bonchev–Trinajstić information content (AvgIpc) is 2.85. The van der Waals surface area contributed by atoms with Crippen LogP contribution in [-0.2, 0) is 9.53 Å². The van der Waals surface area contributed by atoms with Crippen molar-refractivity contribution in [2.75, 3.05) is 17.8 Å². The lowest BCUT2D eigenvalue weighted by molar-refractivity contribution is -0.114. The van der Waals surface area contributed by atoms with Crippen molar-refractivity contribution < 1.29 is 13.9 Å². The highest BCUT2D eigenvalue weighted by atomic mass is 35.5. The quantitative estimate of drug-likeness (QED) is 0.789. The van der Waals surface area contributed by atoms with Crippen molar-refractivity contribution >= 4 is 23.5 Å². The van der Waals surface area contributed by atoms with E-state index in [1.54, 1.807) is 0 Å². The molecule has 2 heterocycles. The minimum absolute atomic E-state index is 0.0613. The Kier molecular flexibility index (Phi) is 3.17. The smallest absolute Gasteiger partial charge is 0.322 e. The summed E-state index contributed by atoms with van der Waals surface area (Å²) in [5.74, 6) is -0.117. The van der Waals surface area contributed by atoms with Gasteiger partial charge in [-0.1, -0.05) is 5.10 Å². The number of carbonyl (C=O) groups is 1. The summed E-state index contributed by atoms with van der Waals surface area (Å²) in [5, 5.41) is 9.82. The van der Waals surface area contributed by atoms with Gasteiger partial charge in [-0.15, -0.1) is 16.7 Å². The molecule has 0 radical (unpaired) electrons. The van der Waals surface area contributed by atoms with Gasteiger partial charge in [0.1, 0.15) is 12.0 Å². The van der Waals surface area contributed by atoms with Gasteiger partial charge >= 0.3 is 6.01 Å². The third-order valence-electron chi connectivity index (χ3n) is 2.01. The number of anilines is 1. The molecule has 15 heavy (non-hydrogen) atoms. The summed E-state index contributed by atoms with van der Waals surface area (Å²) in [6.45, 7) is 0.705. The Bertz CT molecular complexity index is 349. The van der Waals surface area contributed by atoms with Gasteiger partial charge in [-0.25, -0.2) is 0 Å². The molecule has 0 spiro atoms. The number of aromatic nitrogens is 2. The summed E-state index contributed by atoms with van der Waals surface area (Å²) in [7, 11) is 0. The van der Waals surface area contributed by atoms with E-state index in [1.165, 1.54) is 0 Å². The minimum atomic E-state index is -0.376. The molecule has 0 saturated carbocycles. The third kappa shape index (κ3) is 2.45. The molecule has 6 nitrogen and oxygen atoms in total. The van der Waals surface area contributed by atoms with Gasteiger partial charge in [-0.05, 0) is 12.8 Å². The first-order chi connectivity index (χ1) is 7.29. The minimum Gasteiger partial charge on any atom is -0.405 e. The molecule has 1 aromatic heterocycles. The second-order valence-electron chi connectivity index (χ2n) is 3.13. The molecular weight excluding hydrogens is 222 g/mol. The van der Waals surface area contributed by atoms with Crippen molar-refractivity contribution in [1.29, 1.82) is 0 Å². The van der Waals surface area contributed by atoms with Crippen LogP contribution in [0.5, 0.6) is 0 Å². The van der Waals surface area contributed by atoms with E-state index >= 15 is 0 Å². The molecule has 7 heteroatoms. The van der Waals surface area contributed by atoms with Crippen LogP contribution < -0.4 is 5.32 Å². The summed E-state index contributed by atoms with van der Waals surface area (Å²) < 4.78 is 10.6. The number of rotatable bonds is 3. The molecule has 1 aliphatic rings. The highest BCUT2D eigenvalue weighted by molar-refractivity contribution is 6.28. The fourth-order valence-electron chi connectivity index (χ4n) is 1.34. The molecule has 1 atom stereocenters. The summed E-state index contributed by atoms with van der Waals surface area (Å²) in [4.78, 5) is 10.9. The lowest BCUT2D eigenvalue weighted by atomic mass is 10.2. The van der Waals surface area contributed by atoms with E-state index in [9.17, 15) is 4.79 Å².